The average molecular weight is 340 g/mol. The van der Waals surface area contributed by atoms with E-state index < -0.39 is 30.3 Å². The number of amides is 1. The molecule has 2 aromatic carbocycles. The van der Waals surface area contributed by atoms with Gasteiger partial charge >= 0.3 is 11.9 Å². The molecule has 25 heavy (non-hydrogen) atoms. The SMILES string of the molecule is CCOC(=O)C(=O)N(c1ccccc1)[C@H](CC(=O)[O-])c1ccccc1. The van der Waals surface area contributed by atoms with Crippen molar-refractivity contribution in [2.75, 3.05) is 11.5 Å². The molecule has 0 heterocycles. The molecule has 0 unspecified atom stereocenters. The number of para-hydroxylation sites is 1. The number of hydrogen-bond donors (Lipinski definition) is 0. The van der Waals surface area contributed by atoms with Crippen molar-refractivity contribution < 1.29 is 24.2 Å². The van der Waals surface area contributed by atoms with Crippen LogP contribution in [0.5, 0.6) is 0 Å². The molecule has 0 spiro atoms. The second kappa shape index (κ2) is 8.63. The summed E-state index contributed by atoms with van der Waals surface area (Å²) in [7, 11) is 0. The molecule has 0 radical (unpaired) electrons. The number of anilines is 1. The maximum absolute atomic E-state index is 12.7. The number of carbonyl (C=O) groups is 3. The van der Waals surface area contributed by atoms with Gasteiger partial charge in [0, 0.05) is 18.1 Å². The number of esters is 1. The number of nitrogens with zero attached hydrogens (tertiary/aromatic N) is 1. The van der Waals surface area contributed by atoms with Crippen LogP contribution in [-0.4, -0.2) is 24.5 Å². The molecular weight excluding hydrogens is 322 g/mol. The molecule has 0 saturated heterocycles. The van der Waals surface area contributed by atoms with Crippen molar-refractivity contribution in [3.63, 3.8) is 0 Å². The number of ether oxygens (including phenoxy) is 1. The van der Waals surface area contributed by atoms with Crippen LogP contribution in [0.2, 0.25) is 0 Å². The number of aliphatic carboxylic acids is 1. The van der Waals surface area contributed by atoms with E-state index in [2.05, 4.69) is 0 Å². The summed E-state index contributed by atoms with van der Waals surface area (Å²) in [5.41, 5.74) is 0.976. The number of hydrogen-bond acceptors (Lipinski definition) is 5. The minimum Gasteiger partial charge on any atom is -0.550 e. The Labute approximate surface area is 145 Å². The second-order valence-corrected chi connectivity index (χ2v) is 5.23. The molecule has 6 heteroatoms. The molecule has 0 bridgehead atoms. The second-order valence-electron chi connectivity index (χ2n) is 5.23. The Morgan fingerprint density at radius 1 is 1.00 bits per heavy atom. The average Bonchev–Trinajstić information content (AvgIpc) is 2.62. The quantitative estimate of drug-likeness (QED) is 0.587. The molecule has 130 valence electrons. The van der Waals surface area contributed by atoms with Crippen LogP contribution in [0.4, 0.5) is 5.69 Å². The van der Waals surface area contributed by atoms with E-state index in [9.17, 15) is 19.5 Å². The van der Waals surface area contributed by atoms with Gasteiger partial charge in [0.2, 0.25) is 0 Å². The van der Waals surface area contributed by atoms with E-state index in [1.165, 1.54) is 0 Å². The number of carboxylic acids is 1. The summed E-state index contributed by atoms with van der Waals surface area (Å²) in [6, 6.07) is 16.1. The minimum atomic E-state index is -1.33. The van der Waals surface area contributed by atoms with Gasteiger partial charge in [0.15, 0.2) is 0 Å². The molecule has 0 aliphatic rings. The van der Waals surface area contributed by atoms with Gasteiger partial charge in [-0.05, 0) is 24.6 Å². The van der Waals surface area contributed by atoms with Crippen LogP contribution in [-0.2, 0) is 19.1 Å². The Morgan fingerprint density at radius 2 is 1.56 bits per heavy atom. The summed E-state index contributed by atoms with van der Waals surface area (Å²) in [4.78, 5) is 37.1. The van der Waals surface area contributed by atoms with Crippen molar-refractivity contribution in [1.29, 1.82) is 0 Å². The van der Waals surface area contributed by atoms with Crippen LogP contribution in [0.25, 0.3) is 0 Å². The molecule has 0 aromatic heterocycles. The van der Waals surface area contributed by atoms with Gasteiger partial charge in [-0.3, -0.25) is 9.69 Å². The molecule has 0 N–H and O–H groups in total. The molecule has 1 amide bonds. The predicted octanol–water partition coefficient (Wildman–Crippen LogP) is 1.46. The lowest BCUT2D eigenvalue weighted by atomic mass is 10.0. The zero-order chi connectivity index (χ0) is 18.2. The van der Waals surface area contributed by atoms with Crippen LogP contribution in [0.1, 0.15) is 24.9 Å². The molecule has 1 atom stereocenters. The highest BCUT2D eigenvalue weighted by Gasteiger charge is 2.32. The van der Waals surface area contributed by atoms with Crippen molar-refractivity contribution in [2.24, 2.45) is 0 Å². The first-order chi connectivity index (χ1) is 12.0. The zero-order valence-electron chi connectivity index (χ0n) is 13.8. The summed E-state index contributed by atoms with van der Waals surface area (Å²) in [6.45, 7) is 1.64. The van der Waals surface area contributed by atoms with Gasteiger partial charge in [0.05, 0.1) is 12.6 Å². The molecule has 0 fully saturated rings. The van der Waals surface area contributed by atoms with E-state index >= 15 is 0 Å². The normalized spacial score (nSPS) is 11.4. The number of carboxylic acid groups (broad SMARTS) is 1. The summed E-state index contributed by atoms with van der Waals surface area (Å²) >= 11 is 0. The lowest BCUT2D eigenvalue weighted by Gasteiger charge is -2.32. The highest BCUT2D eigenvalue weighted by molar-refractivity contribution is 6.38. The van der Waals surface area contributed by atoms with Gasteiger partial charge < -0.3 is 14.6 Å². The number of benzene rings is 2. The van der Waals surface area contributed by atoms with E-state index in [0.717, 1.165) is 4.90 Å². The van der Waals surface area contributed by atoms with Gasteiger partial charge in [-0.1, -0.05) is 48.5 Å². The first-order valence-electron chi connectivity index (χ1n) is 7.84. The molecule has 0 aliphatic heterocycles. The van der Waals surface area contributed by atoms with Crippen LogP contribution in [0.3, 0.4) is 0 Å². The van der Waals surface area contributed by atoms with Gasteiger partial charge in [-0.15, -0.1) is 0 Å². The van der Waals surface area contributed by atoms with Gasteiger partial charge in [-0.2, -0.15) is 0 Å². The van der Waals surface area contributed by atoms with E-state index in [-0.39, 0.29) is 6.61 Å². The highest BCUT2D eigenvalue weighted by Crippen LogP contribution is 2.30. The highest BCUT2D eigenvalue weighted by atomic mass is 16.5. The number of carbonyl (C=O) groups excluding carboxylic acids is 3. The fourth-order valence-corrected chi connectivity index (χ4v) is 2.51. The molecular formula is C19H18NO5-. The number of rotatable bonds is 6. The maximum Gasteiger partial charge on any atom is 0.397 e. The van der Waals surface area contributed by atoms with E-state index in [1.54, 1.807) is 67.6 Å². The van der Waals surface area contributed by atoms with E-state index in [4.69, 9.17) is 4.74 Å². The van der Waals surface area contributed by atoms with Crippen molar-refractivity contribution in [1.82, 2.24) is 0 Å². The van der Waals surface area contributed by atoms with Crippen molar-refractivity contribution in [3.8, 4) is 0 Å². The van der Waals surface area contributed by atoms with Crippen LogP contribution < -0.4 is 10.0 Å². The van der Waals surface area contributed by atoms with E-state index in [0.29, 0.717) is 11.3 Å². The Bertz CT molecular complexity index is 730. The largest absolute Gasteiger partial charge is 0.550 e. The third kappa shape index (κ3) is 4.67. The summed E-state index contributed by atoms with van der Waals surface area (Å²) in [5, 5.41) is 11.3. The topological polar surface area (TPSA) is 86.7 Å². The van der Waals surface area contributed by atoms with Crippen molar-refractivity contribution in [3.05, 3.63) is 66.2 Å². The third-order valence-electron chi connectivity index (χ3n) is 3.56. The van der Waals surface area contributed by atoms with Gasteiger partial charge in [0.1, 0.15) is 0 Å². The summed E-state index contributed by atoms with van der Waals surface area (Å²) in [6.07, 6.45) is -0.454. The summed E-state index contributed by atoms with van der Waals surface area (Å²) in [5.74, 6) is -3.29. The lowest BCUT2D eigenvalue weighted by Crippen LogP contribution is -2.42. The van der Waals surface area contributed by atoms with Gasteiger partial charge in [0.25, 0.3) is 0 Å². The third-order valence-corrected chi connectivity index (χ3v) is 3.56. The Balaban J connectivity index is 2.51. The van der Waals surface area contributed by atoms with Crippen molar-refractivity contribution in [2.45, 2.75) is 19.4 Å². The molecule has 2 rings (SSSR count). The lowest BCUT2D eigenvalue weighted by molar-refractivity contribution is -0.306. The zero-order valence-corrected chi connectivity index (χ0v) is 13.8. The molecule has 0 aliphatic carbocycles. The molecule has 2 aromatic rings. The smallest absolute Gasteiger partial charge is 0.397 e. The maximum atomic E-state index is 12.7. The Morgan fingerprint density at radius 3 is 2.08 bits per heavy atom. The van der Waals surface area contributed by atoms with Crippen LogP contribution in [0.15, 0.2) is 60.7 Å². The monoisotopic (exact) mass is 340 g/mol. The van der Waals surface area contributed by atoms with Crippen LogP contribution >= 0.6 is 0 Å². The predicted molar refractivity (Wildman–Crippen MR) is 89.4 cm³/mol. The molecule has 0 saturated carbocycles. The summed E-state index contributed by atoms with van der Waals surface area (Å²) < 4.78 is 4.80. The fourth-order valence-electron chi connectivity index (χ4n) is 2.51. The standard InChI is InChI=1S/C19H19NO5/c1-2-25-19(24)18(23)20(15-11-7-4-8-12-15)16(13-17(21)22)14-9-5-3-6-10-14/h3-12,16H,2,13H2,1H3,(H,21,22)/p-1/t16-/m1/s1. The Kier molecular flexibility index (Phi) is 6.28. The fraction of sp³-hybridized carbons (Fsp3) is 0.211. The van der Waals surface area contributed by atoms with Gasteiger partial charge in [-0.25, -0.2) is 4.79 Å². The Hall–Kier alpha value is -3.15. The van der Waals surface area contributed by atoms with E-state index in [1.807, 2.05) is 0 Å². The van der Waals surface area contributed by atoms with Crippen molar-refractivity contribution >= 4 is 23.5 Å². The first-order valence-corrected chi connectivity index (χ1v) is 7.84. The first kappa shape index (κ1) is 18.2. The van der Waals surface area contributed by atoms with Crippen LogP contribution in [0, 0.1) is 0 Å². The molecule has 6 nitrogen and oxygen atoms in total. The minimum absolute atomic E-state index is 0.0453.